The molecule has 1 aromatic carbocycles. The van der Waals surface area contributed by atoms with Gasteiger partial charge in [-0.15, -0.1) is 0 Å². The molecular formula is C13H15Br3O. The molecule has 0 aliphatic carbocycles. The van der Waals surface area contributed by atoms with Crippen LogP contribution < -0.4 is 0 Å². The molecule has 0 aromatic heterocycles. The quantitative estimate of drug-likeness (QED) is 0.578. The lowest BCUT2D eigenvalue weighted by Crippen LogP contribution is -2.08. The Hall–Kier alpha value is 0.620. The zero-order chi connectivity index (χ0) is 12.4. The summed E-state index contributed by atoms with van der Waals surface area (Å²) < 4.78 is 8.01. The third kappa shape index (κ3) is 3.55. The molecule has 1 nitrogen and oxygen atoms in total. The van der Waals surface area contributed by atoms with Crippen molar-refractivity contribution in [2.24, 2.45) is 0 Å². The fraction of sp³-hybridized carbons (Fsp3) is 0.538. The number of aryl methyl sites for hydroxylation is 1. The van der Waals surface area contributed by atoms with Crippen LogP contribution >= 0.6 is 47.8 Å². The molecule has 94 valence electrons. The minimum absolute atomic E-state index is 0.344. The maximum atomic E-state index is 5.68. The van der Waals surface area contributed by atoms with Gasteiger partial charge < -0.3 is 4.74 Å². The molecule has 2 unspecified atom stereocenters. The van der Waals surface area contributed by atoms with Crippen molar-refractivity contribution in [1.29, 1.82) is 0 Å². The number of hydrogen-bond acceptors (Lipinski definition) is 1. The SMILES string of the molecule is Cc1cc(Br)c(C(Br)CC2CCCO2)cc1Br. The van der Waals surface area contributed by atoms with E-state index < -0.39 is 0 Å². The third-order valence-corrected chi connectivity index (χ3v) is 5.52. The molecule has 4 heteroatoms. The first-order chi connectivity index (χ1) is 8.08. The summed E-state index contributed by atoms with van der Waals surface area (Å²) in [5.74, 6) is 0. The van der Waals surface area contributed by atoms with E-state index in [0.29, 0.717) is 10.9 Å². The Morgan fingerprint density at radius 1 is 1.35 bits per heavy atom. The number of hydrogen-bond donors (Lipinski definition) is 0. The fourth-order valence-corrected chi connectivity index (χ4v) is 4.29. The molecule has 0 radical (unpaired) electrons. The number of halogens is 3. The summed E-state index contributed by atoms with van der Waals surface area (Å²) in [7, 11) is 0. The van der Waals surface area contributed by atoms with Gasteiger partial charge in [0.1, 0.15) is 0 Å². The highest BCUT2D eigenvalue weighted by atomic mass is 79.9. The summed E-state index contributed by atoms with van der Waals surface area (Å²) in [6.07, 6.45) is 3.83. The van der Waals surface area contributed by atoms with E-state index in [2.05, 4.69) is 66.8 Å². The maximum Gasteiger partial charge on any atom is 0.0589 e. The van der Waals surface area contributed by atoms with Crippen LogP contribution in [-0.4, -0.2) is 12.7 Å². The first-order valence-electron chi connectivity index (χ1n) is 5.79. The second-order valence-corrected chi connectivity index (χ2v) is 7.28. The van der Waals surface area contributed by atoms with Gasteiger partial charge in [-0.25, -0.2) is 0 Å². The van der Waals surface area contributed by atoms with Gasteiger partial charge in [-0.3, -0.25) is 0 Å². The van der Waals surface area contributed by atoms with Crippen LogP contribution in [0.3, 0.4) is 0 Å². The minimum Gasteiger partial charge on any atom is -0.378 e. The lowest BCUT2D eigenvalue weighted by Gasteiger charge is -2.17. The predicted molar refractivity (Wildman–Crippen MR) is 81.8 cm³/mol. The lowest BCUT2D eigenvalue weighted by atomic mass is 10.0. The average molecular weight is 427 g/mol. The predicted octanol–water partition coefficient (Wildman–Crippen LogP) is 5.53. The van der Waals surface area contributed by atoms with Gasteiger partial charge in [0.15, 0.2) is 0 Å². The third-order valence-electron chi connectivity index (χ3n) is 3.11. The number of ether oxygens (including phenoxy) is 1. The Morgan fingerprint density at radius 2 is 2.12 bits per heavy atom. The molecule has 1 heterocycles. The minimum atomic E-state index is 0.344. The van der Waals surface area contributed by atoms with Crippen molar-refractivity contribution in [3.8, 4) is 0 Å². The van der Waals surface area contributed by atoms with E-state index in [1.807, 2.05) is 0 Å². The van der Waals surface area contributed by atoms with Crippen LogP contribution in [0.1, 0.15) is 35.2 Å². The normalized spacial score (nSPS) is 21.8. The van der Waals surface area contributed by atoms with Crippen LogP contribution in [-0.2, 0) is 4.74 Å². The van der Waals surface area contributed by atoms with E-state index in [4.69, 9.17) is 4.74 Å². The van der Waals surface area contributed by atoms with Crippen molar-refractivity contribution in [1.82, 2.24) is 0 Å². The van der Waals surface area contributed by atoms with Gasteiger partial charge in [0.25, 0.3) is 0 Å². The summed E-state index contributed by atoms with van der Waals surface area (Å²) in [4.78, 5) is 0.344. The molecule has 1 aromatic rings. The molecular weight excluding hydrogens is 412 g/mol. The van der Waals surface area contributed by atoms with Crippen LogP contribution in [0.2, 0.25) is 0 Å². The Balaban J connectivity index is 2.12. The van der Waals surface area contributed by atoms with E-state index in [1.54, 1.807) is 0 Å². The molecule has 1 saturated heterocycles. The van der Waals surface area contributed by atoms with Gasteiger partial charge in [-0.1, -0.05) is 47.8 Å². The highest BCUT2D eigenvalue weighted by Crippen LogP contribution is 2.38. The molecule has 0 saturated carbocycles. The Kier molecular flexibility index (Phi) is 5.10. The van der Waals surface area contributed by atoms with E-state index in [1.165, 1.54) is 24.0 Å². The standard InChI is InChI=1S/C13H15Br3O/c1-8-5-12(15)10(7-11(8)14)13(16)6-9-3-2-4-17-9/h5,7,9,13H,2-4,6H2,1H3. The molecule has 1 aliphatic rings. The van der Waals surface area contributed by atoms with Crippen LogP contribution in [0.5, 0.6) is 0 Å². The highest BCUT2D eigenvalue weighted by molar-refractivity contribution is 9.11. The zero-order valence-electron chi connectivity index (χ0n) is 9.68. The molecule has 0 bridgehead atoms. The summed E-state index contributed by atoms with van der Waals surface area (Å²) in [5, 5.41) is 0. The van der Waals surface area contributed by atoms with Gasteiger partial charge in [0, 0.05) is 20.4 Å². The number of benzene rings is 1. The first kappa shape index (κ1) is 14.0. The van der Waals surface area contributed by atoms with Crippen molar-refractivity contribution in [2.45, 2.75) is 37.1 Å². The van der Waals surface area contributed by atoms with Crippen molar-refractivity contribution in [3.63, 3.8) is 0 Å². The molecule has 2 rings (SSSR count). The van der Waals surface area contributed by atoms with Gasteiger partial charge in [0.05, 0.1) is 6.10 Å². The molecule has 1 fully saturated rings. The summed E-state index contributed by atoms with van der Waals surface area (Å²) in [6.45, 7) is 3.02. The van der Waals surface area contributed by atoms with E-state index in [9.17, 15) is 0 Å². The van der Waals surface area contributed by atoms with Crippen LogP contribution in [0.25, 0.3) is 0 Å². The summed E-state index contributed by atoms with van der Waals surface area (Å²) in [6, 6.07) is 4.34. The Morgan fingerprint density at radius 3 is 2.76 bits per heavy atom. The van der Waals surface area contributed by atoms with Crippen LogP contribution in [0.4, 0.5) is 0 Å². The molecule has 0 N–H and O–H groups in total. The zero-order valence-corrected chi connectivity index (χ0v) is 14.4. The smallest absolute Gasteiger partial charge is 0.0589 e. The largest absolute Gasteiger partial charge is 0.378 e. The topological polar surface area (TPSA) is 9.23 Å². The molecule has 1 aliphatic heterocycles. The van der Waals surface area contributed by atoms with Crippen molar-refractivity contribution in [3.05, 3.63) is 32.2 Å². The van der Waals surface area contributed by atoms with Crippen LogP contribution in [0.15, 0.2) is 21.1 Å². The summed E-state index contributed by atoms with van der Waals surface area (Å²) in [5.41, 5.74) is 2.54. The molecule has 0 spiro atoms. The average Bonchev–Trinajstić information content (AvgIpc) is 2.76. The second-order valence-electron chi connectivity index (χ2n) is 4.46. The van der Waals surface area contributed by atoms with E-state index in [0.717, 1.165) is 22.0 Å². The van der Waals surface area contributed by atoms with Crippen molar-refractivity contribution in [2.75, 3.05) is 6.61 Å². The van der Waals surface area contributed by atoms with Gasteiger partial charge in [0.2, 0.25) is 0 Å². The molecule has 2 atom stereocenters. The van der Waals surface area contributed by atoms with E-state index >= 15 is 0 Å². The first-order valence-corrected chi connectivity index (χ1v) is 8.29. The number of rotatable bonds is 3. The molecule has 17 heavy (non-hydrogen) atoms. The fourth-order valence-electron chi connectivity index (χ4n) is 2.09. The Labute approximate surface area is 128 Å². The maximum absolute atomic E-state index is 5.68. The molecule has 0 amide bonds. The monoisotopic (exact) mass is 424 g/mol. The van der Waals surface area contributed by atoms with Crippen LogP contribution in [0, 0.1) is 6.92 Å². The summed E-state index contributed by atoms with van der Waals surface area (Å²) >= 11 is 11.0. The van der Waals surface area contributed by atoms with Crippen molar-refractivity contribution >= 4 is 47.8 Å². The van der Waals surface area contributed by atoms with E-state index in [-0.39, 0.29) is 0 Å². The lowest BCUT2D eigenvalue weighted by molar-refractivity contribution is 0.104. The Bertz CT molecular complexity index is 400. The van der Waals surface area contributed by atoms with Gasteiger partial charge >= 0.3 is 0 Å². The van der Waals surface area contributed by atoms with Crippen molar-refractivity contribution < 1.29 is 4.74 Å². The van der Waals surface area contributed by atoms with Gasteiger partial charge in [-0.2, -0.15) is 0 Å². The highest BCUT2D eigenvalue weighted by Gasteiger charge is 2.21. The number of alkyl halides is 1. The van der Waals surface area contributed by atoms with Gasteiger partial charge in [-0.05, 0) is 49.4 Å². The second kappa shape index (κ2) is 6.18.